The van der Waals surface area contributed by atoms with E-state index in [4.69, 9.17) is 4.74 Å². The Bertz CT molecular complexity index is 323. The third kappa shape index (κ3) is 2.25. The molecule has 1 heterocycles. The molecule has 0 aliphatic heterocycles. The van der Waals surface area contributed by atoms with E-state index in [-0.39, 0.29) is 5.41 Å². The second-order valence-electron chi connectivity index (χ2n) is 4.98. The summed E-state index contributed by atoms with van der Waals surface area (Å²) >= 11 is 0. The first-order chi connectivity index (χ1) is 6.55. The summed E-state index contributed by atoms with van der Waals surface area (Å²) in [6, 6.07) is 2.10. The zero-order chi connectivity index (χ0) is 10.2. The molecule has 1 fully saturated rings. The van der Waals surface area contributed by atoms with Gasteiger partial charge in [0.25, 0.3) is 0 Å². The number of ether oxygens (including phenoxy) is 1. The molecular formula is C12H17NO. The van der Waals surface area contributed by atoms with Gasteiger partial charge in [0.1, 0.15) is 5.75 Å². The molecule has 0 radical (unpaired) electrons. The molecule has 0 atom stereocenters. The summed E-state index contributed by atoms with van der Waals surface area (Å²) in [6.45, 7) is 6.56. The minimum atomic E-state index is 0.149. The van der Waals surface area contributed by atoms with Gasteiger partial charge in [-0.25, -0.2) is 0 Å². The van der Waals surface area contributed by atoms with Crippen molar-refractivity contribution in [1.82, 2.24) is 4.98 Å². The van der Waals surface area contributed by atoms with Gasteiger partial charge in [0.15, 0.2) is 0 Å². The first-order valence-electron chi connectivity index (χ1n) is 5.18. The van der Waals surface area contributed by atoms with E-state index < -0.39 is 0 Å². The fraction of sp³-hybridized carbons (Fsp3) is 0.583. The van der Waals surface area contributed by atoms with E-state index in [1.165, 1.54) is 18.4 Å². The van der Waals surface area contributed by atoms with E-state index in [1.54, 1.807) is 6.20 Å². The summed E-state index contributed by atoms with van der Waals surface area (Å²) < 4.78 is 5.70. The average molecular weight is 191 g/mol. The lowest BCUT2D eigenvalue weighted by Crippen LogP contribution is -2.11. The Morgan fingerprint density at radius 1 is 1.29 bits per heavy atom. The van der Waals surface area contributed by atoms with Crippen LogP contribution in [0.2, 0.25) is 0 Å². The zero-order valence-electron chi connectivity index (χ0n) is 9.08. The molecule has 2 nitrogen and oxygen atoms in total. The van der Waals surface area contributed by atoms with E-state index in [0.717, 1.165) is 5.75 Å². The van der Waals surface area contributed by atoms with Crippen molar-refractivity contribution in [2.75, 3.05) is 0 Å². The predicted octanol–water partition coefficient (Wildman–Crippen LogP) is 2.92. The van der Waals surface area contributed by atoms with Gasteiger partial charge in [-0.15, -0.1) is 0 Å². The van der Waals surface area contributed by atoms with Gasteiger partial charge in [0.2, 0.25) is 0 Å². The maximum Gasteiger partial charge on any atom is 0.138 e. The number of nitrogens with zero attached hydrogens (tertiary/aromatic N) is 1. The SMILES string of the molecule is CC(C)(C)c1cncc(OC2CC2)c1. The summed E-state index contributed by atoms with van der Waals surface area (Å²) in [5.41, 5.74) is 1.38. The van der Waals surface area contributed by atoms with Crippen molar-refractivity contribution in [1.29, 1.82) is 0 Å². The standard InChI is InChI=1S/C12H17NO/c1-12(2,3)9-6-11(8-13-7-9)14-10-4-5-10/h6-8,10H,4-5H2,1-3H3. The van der Waals surface area contributed by atoms with Crippen LogP contribution in [-0.4, -0.2) is 11.1 Å². The lowest BCUT2D eigenvalue weighted by molar-refractivity contribution is 0.301. The molecular weight excluding hydrogens is 174 g/mol. The summed E-state index contributed by atoms with van der Waals surface area (Å²) in [7, 11) is 0. The minimum absolute atomic E-state index is 0.149. The van der Waals surface area contributed by atoms with E-state index >= 15 is 0 Å². The van der Waals surface area contributed by atoms with E-state index in [0.29, 0.717) is 6.10 Å². The molecule has 1 saturated carbocycles. The maximum absolute atomic E-state index is 5.70. The molecule has 2 heteroatoms. The lowest BCUT2D eigenvalue weighted by Gasteiger charge is -2.19. The van der Waals surface area contributed by atoms with Gasteiger partial charge in [0, 0.05) is 6.20 Å². The smallest absolute Gasteiger partial charge is 0.138 e. The summed E-state index contributed by atoms with van der Waals surface area (Å²) in [4.78, 5) is 4.21. The van der Waals surface area contributed by atoms with Gasteiger partial charge >= 0.3 is 0 Å². The summed E-state index contributed by atoms with van der Waals surface area (Å²) in [5, 5.41) is 0. The number of hydrogen-bond acceptors (Lipinski definition) is 2. The van der Waals surface area contributed by atoms with Gasteiger partial charge < -0.3 is 4.74 Å². The van der Waals surface area contributed by atoms with Crippen LogP contribution < -0.4 is 4.74 Å². The highest BCUT2D eigenvalue weighted by Crippen LogP contribution is 2.29. The normalized spacial score (nSPS) is 16.8. The molecule has 14 heavy (non-hydrogen) atoms. The maximum atomic E-state index is 5.70. The van der Waals surface area contributed by atoms with E-state index in [2.05, 4.69) is 31.8 Å². The summed E-state index contributed by atoms with van der Waals surface area (Å²) in [5.74, 6) is 0.917. The van der Waals surface area contributed by atoms with Crippen LogP contribution in [0.3, 0.4) is 0 Å². The molecule has 0 aromatic carbocycles. The van der Waals surface area contributed by atoms with Gasteiger partial charge in [0.05, 0.1) is 12.3 Å². The molecule has 1 aliphatic carbocycles. The lowest BCUT2D eigenvalue weighted by atomic mass is 9.88. The Morgan fingerprint density at radius 3 is 2.57 bits per heavy atom. The highest BCUT2D eigenvalue weighted by Gasteiger charge is 2.24. The highest BCUT2D eigenvalue weighted by atomic mass is 16.5. The number of rotatable bonds is 2. The summed E-state index contributed by atoms with van der Waals surface area (Å²) in [6.07, 6.45) is 6.55. The number of pyridine rings is 1. The first-order valence-corrected chi connectivity index (χ1v) is 5.18. The molecule has 1 aromatic rings. The van der Waals surface area contributed by atoms with Crippen LogP contribution >= 0.6 is 0 Å². The highest BCUT2D eigenvalue weighted by molar-refractivity contribution is 5.28. The van der Waals surface area contributed by atoms with Crippen molar-refractivity contribution in [3.05, 3.63) is 24.0 Å². The average Bonchev–Trinajstić information content (AvgIpc) is 2.87. The van der Waals surface area contributed by atoms with E-state index in [1.807, 2.05) is 6.20 Å². The monoisotopic (exact) mass is 191 g/mol. The third-order valence-corrected chi connectivity index (χ3v) is 2.41. The molecule has 1 aromatic heterocycles. The number of hydrogen-bond donors (Lipinski definition) is 0. The van der Waals surface area contributed by atoms with Crippen molar-refractivity contribution in [2.24, 2.45) is 0 Å². The molecule has 76 valence electrons. The second-order valence-corrected chi connectivity index (χ2v) is 4.98. The predicted molar refractivity (Wildman–Crippen MR) is 56.6 cm³/mol. The van der Waals surface area contributed by atoms with Crippen LogP contribution in [-0.2, 0) is 5.41 Å². The zero-order valence-corrected chi connectivity index (χ0v) is 9.08. The second kappa shape index (κ2) is 3.26. The Morgan fingerprint density at radius 2 is 2.00 bits per heavy atom. The largest absolute Gasteiger partial charge is 0.489 e. The quantitative estimate of drug-likeness (QED) is 0.717. The van der Waals surface area contributed by atoms with Gasteiger partial charge in [-0.3, -0.25) is 4.98 Å². The molecule has 0 N–H and O–H groups in total. The fourth-order valence-corrected chi connectivity index (χ4v) is 1.27. The van der Waals surface area contributed by atoms with Gasteiger partial charge in [-0.1, -0.05) is 20.8 Å². The number of aromatic nitrogens is 1. The first kappa shape index (κ1) is 9.50. The molecule has 0 saturated heterocycles. The fourth-order valence-electron chi connectivity index (χ4n) is 1.27. The Hall–Kier alpha value is -1.05. The molecule has 2 rings (SSSR count). The van der Waals surface area contributed by atoms with Crippen molar-refractivity contribution >= 4 is 0 Å². The topological polar surface area (TPSA) is 22.1 Å². The van der Waals surface area contributed by atoms with Crippen LogP contribution in [0.4, 0.5) is 0 Å². The molecule has 0 bridgehead atoms. The Kier molecular flexibility index (Phi) is 2.22. The third-order valence-electron chi connectivity index (χ3n) is 2.41. The van der Waals surface area contributed by atoms with Crippen LogP contribution in [0.1, 0.15) is 39.2 Å². The van der Waals surface area contributed by atoms with Crippen molar-refractivity contribution in [3.63, 3.8) is 0 Å². The Labute approximate surface area is 85.3 Å². The van der Waals surface area contributed by atoms with Crippen molar-refractivity contribution in [3.8, 4) is 5.75 Å². The van der Waals surface area contributed by atoms with Crippen molar-refractivity contribution < 1.29 is 4.74 Å². The van der Waals surface area contributed by atoms with E-state index in [9.17, 15) is 0 Å². The van der Waals surface area contributed by atoms with Gasteiger partial charge in [-0.2, -0.15) is 0 Å². The Balaban J connectivity index is 2.17. The molecule has 0 spiro atoms. The van der Waals surface area contributed by atoms with Crippen molar-refractivity contribution in [2.45, 2.75) is 45.1 Å². The van der Waals surface area contributed by atoms with Gasteiger partial charge in [-0.05, 0) is 29.9 Å². The molecule has 0 unspecified atom stereocenters. The van der Waals surface area contributed by atoms with Crippen LogP contribution in [0.15, 0.2) is 18.5 Å². The van der Waals surface area contributed by atoms with Crippen LogP contribution in [0.25, 0.3) is 0 Å². The molecule has 1 aliphatic rings. The van der Waals surface area contributed by atoms with Crippen LogP contribution in [0.5, 0.6) is 5.75 Å². The minimum Gasteiger partial charge on any atom is -0.489 e. The molecule has 0 amide bonds. The van der Waals surface area contributed by atoms with Crippen LogP contribution in [0, 0.1) is 0 Å².